The highest BCUT2D eigenvalue weighted by atomic mass is 16.5. The van der Waals surface area contributed by atoms with Crippen molar-refractivity contribution in [3.63, 3.8) is 0 Å². The number of amides is 2. The van der Waals surface area contributed by atoms with Crippen molar-refractivity contribution >= 4 is 17.8 Å². The van der Waals surface area contributed by atoms with Gasteiger partial charge in [-0.15, -0.1) is 0 Å². The number of ether oxygens (including phenoxy) is 1. The van der Waals surface area contributed by atoms with Gasteiger partial charge in [-0.3, -0.25) is 14.5 Å². The van der Waals surface area contributed by atoms with Gasteiger partial charge < -0.3 is 15.4 Å². The Hall–Kier alpha value is -3.35. The number of aliphatic imine (C=N–C) groups is 1. The first-order valence-electron chi connectivity index (χ1n) is 9.25. The first-order chi connectivity index (χ1) is 13.7. The van der Waals surface area contributed by atoms with Gasteiger partial charge in [0.15, 0.2) is 5.96 Å². The molecule has 1 aliphatic rings. The average Bonchev–Trinajstić information content (AvgIpc) is 2.97. The molecule has 2 amide bonds. The van der Waals surface area contributed by atoms with E-state index in [2.05, 4.69) is 15.6 Å². The molecule has 28 heavy (non-hydrogen) atoms. The van der Waals surface area contributed by atoms with Crippen LogP contribution in [-0.4, -0.2) is 49.4 Å². The van der Waals surface area contributed by atoms with Crippen LogP contribution in [0.1, 0.15) is 33.2 Å². The van der Waals surface area contributed by atoms with Gasteiger partial charge in [-0.2, -0.15) is 0 Å². The second-order valence-electron chi connectivity index (χ2n) is 6.24. The normalized spacial score (nSPS) is 13.5. The maximum Gasteiger partial charge on any atom is 0.261 e. The van der Waals surface area contributed by atoms with Crippen LogP contribution in [0.15, 0.2) is 53.5 Å². The SMILES string of the molecule is CCNC(=NCc1ccccc1OC)NCCN1C(=O)c2ccccc2C1=O. The monoisotopic (exact) mass is 380 g/mol. The predicted octanol–water partition coefficient (Wildman–Crippen LogP) is 2.05. The van der Waals surface area contributed by atoms with Crippen molar-refractivity contribution in [1.82, 2.24) is 15.5 Å². The van der Waals surface area contributed by atoms with Crippen molar-refractivity contribution in [3.05, 3.63) is 65.2 Å². The summed E-state index contributed by atoms with van der Waals surface area (Å²) in [6.07, 6.45) is 0. The van der Waals surface area contributed by atoms with Gasteiger partial charge in [-0.25, -0.2) is 4.99 Å². The molecule has 0 aromatic heterocycles. The molecule has 2 N–H and O–H groups in total. The molecule has 0 fully saturated rings. The highest BCUT2D eigenvalue weighted by Gasteiger charge is 2.34. The first kappa shape index (κ1) is 19.4. The van der Waals surface area contributed by atoms with E-state index in [0.29, 0.717) is 36.7 Å². The molecule has 0 saturated heterocycles. The summed E-state index contributed by atoms with van der Waals surface area (Å²) in [5.41, 5.74) is 1.90. The molecule has 7 heteroatoms. The maximum atomic E-state index is 12.4. The Morgan fingerprint density at radius 1 is 1.00 bits per heavy atom. The van der Waals surface area contributed by atoms with E-state index >= 15 is 0 Å². The smallest absolute Gasteiger partial charge is 0.261 e. The Bertz CT molecular complexity index is 860. The highest BCUT2D eigenvalue weighted by molar-refractivity contribution is 6.21. The molecule has 1 aliphatic heterocycles. The Morgan fingerprint density at radius 2 is 1.64 bits per heavy atom. The van der Waals surface area contributed by atoms with Gasteiger partial charge in [0.25, 0.3) is 11.8 Å². The van der Waals surface area contributed by atoms with Crippen LogP contribution < -0.4 is 15.4 Å². The first-order valence-corrected chi connectivity index (χ1v) is 9.25. The number of hydrogen-bond donors (Lipinski definition) is 2. The van der Waals surface area contributed by atoms with Gasteiger partial charge in [0.05, 0.1) is 24.8 Å². The number of hydrogen-bond acceptors (Lipinski definition) is 4. The van der Waals surface area contributed by atoms with Crippen LogP contribution in [0.5, 0.6) is 5.75 Å². The Labute approximate surface area is 164 Å². The van der Waals surface area contributed by atoms with E-state index in [1.807, 2.05) is 31.2 Å². The molecule has 0 radical (unpaired) electrons. The number of para-hydroxylation sites is 1. The Morgan fingerprint density at radius 3 is 2.29 bits per heavy atom. The summed E-state index contributed by atoms with van der Waals surface area (Å²) in [6, 6.07) is 14.6. The summed E-state index contributed by atoms with van der Waals surface area (Å²) >= 11 is 0. The fraction of sp³-hybridized carbons (Fsp3) is 0.286. The second kappa shape index (κ2) is 9.03. The number of carbonyl (C=O) groups is 2. The zero-order valence-electron chi connectivity index (χ0n) is 16.1. The standard InChI is InChI=1S/C21H24N4O3/c1-3-22-21(24-14-15-8-4-7-11-18(15)28-2)23-12-13-25-19(26)16-9-5-6-10-17(16)20(25)27/h4-11H,3,12-14H2,1-2H3,(H2,22,23,24). The van der Waals surface area contributed by atoms with Crippen molar-refractivity contribution in [2.24, 2.45) is 4.99 Å². The van der Waals surface area contributed by atoms with E-state index in [4.69, 9.17) is 4.74 Å². The van der Waals surface area contributed by atoms with Crippen molar-refractivity contribution in [2.45, 2.75) is 13.5 Å². The zero-order valence-corrected chi connectivity index (χ0v) is 16.1. The molecular formula is C21H24N4O3. The minimum atomic E-state index is -0.252. The molecule has 2 aromatic rings. The highest BCUT2D eigenvalue weighted by Crippen LogP contribution is 2.21. The summed E-state index contributed by atoms with van der Waals surface area (Å²) in [5, 5.41) is 6.34. The third kappa shape index (κ3) is 4.14. The quantitative estimate of drug-likeness (QED) is 0.436. The zero-order chi connectivity index (χ0) is 19.9. The molecule has 1 heterocycles. The third-order valence-electron chi connectivity index (χ3n) is 4.45. The summed E-state index contributed by atoms with van der Waals surface area (Å²) in [5.74, 6) is 0.898. The van der Waals surface area contributed by atoms with E-state index in [0.717, 1.165) is 11.3 Å². The number of benzene rings is 2. The van der Waals surface area contributed by atoms with Crippen LogP contribution in [0.2, 0.25) is 0 Å². The van der Waals surface area contributed by atoms with E-state index in [1.165, 1.54) is 4.90 Å². The molecule has 0 saturated carbocycles. The minimum absolute atomic E-state index is 0.252. The number of fused-ring (bicyclic) bond motifs is 1. The number of carbonyl (C=O) groups excluding carboxylic acids is 2. The molecular weight excluding hydrogens is 356 g/mol. The summed E-state index contributed by atoms with van der Waals surface area (Å²) in [4.78, 5) is 30.6. The lowest BCUT2D eigenvalue weighted by atomic mass is 10.1. The number of rotatable bonds is 7. The number of guanidine groups is 1. The number of imide groups is 1. The van der Waals surface area contributed by atoms with E-state index in [9.17, 15) is 9.59 Å². The van der Waals surface area contributed by atoms with E-state index < -0.39 is 0 Å². The average molecular weight is 380 g/mol. The Kier molecular flexibility index (Phi) is 6.26. The largest absolute Gasteiger partial charge is 0.496 e. The third-order valence-corrected chi connectivity index (χ3v) is 4.45. The van der Waals surface area contributed by atoms with Crippen molar-refractivity contribution < 1.29 is 14.3 Å². The molecule has 0 spiro atoms. The lowest BCUT2D eigenvalue weighted by Gasteiger charge is -2.16. The molecule has 7 nitrogen and oxygen atoms in total. The number of nitrogens with one attached hydrogen (secondary N) is 2. The summed E-state index contributed by atoms with van der Waals surface area (Å²) < 4.78 is 5.35. The van der Waals surface area contributed by atoms with E-state index in [1.54, 1.807) is 31.4 Å². The van der Waals surface area contributed by atoms with Crippen molar-refractivity contribution in [1.29, 1.82) is 0 Å². The molecule has 3 rings (SSSR count). The fourth-order valence-corrected chi connectivity index (χ4v) is 3.07. The molecule has 0 unspecified atom stereocenters. The maximum absolute atomic E-state index is 12.4. The number of methoxy groups -OCH3 is 1. The fourth-order valence-electron chi connectivity index (χ4n) is 3.07. The molecule has 0 bridgehead atoms. The van der Waals surface area contributed by atoms with Gasteiger partial charge in [-0.05, 0) is 25.1 Å². The number of nitrogens with zero attached hydrogens (tertiary/aromatic N) is 2. The van der Waals surface area contributed by atoms with Crippen LogP contribution in [0.4, 0.5) is 0 Å². The summed E-state index contributed by atoms with van der Waals surface area (Å²) in [6.45, 7) is 3.80. The predicted molar refractivity (Wildman–Crippen MR) is 108 cm³/mol. The van der Waals surface area contributed by atoms with E-state index in [-0.39, 0.29) is 18.4 Å². The van der Waals surface area contributed by atoms with Crippen molar-refractivity contribution in [2.75, 3.05) is 26.7 Å². The van der Waals surface area contributed by atoms with Crippen LogP contribution in [0.25, 0.3) is 0 Å². The van der Waals surface area contributed by atoms with Crippen LogP contribution in [-0.2, 0) is 6.54 Å². The van der Waals surface area contributed by atoms with Crippen LogP contribution >= 0.6 is 0 Å². The van der Waals surface area contributed by atoms with Gasteiger partial charge in [0.2, 0.25) is 0 Å². The lowest BCUT2D eigenvalue weighted by molar-refractivity contribution is 0.0657. The molecule has 0 aliphatic carbocycles. The summed E-state index contributed by atoms with van der Waals surface area (Å²) in [7, 11) is 1.63. The van der Waals surface area contributed by atoms with Gasteiger partial charge in [0, 0.05) is 25.2 Å². The van der Waals surface area contributed by atoms with Crippen molar-refractivity contribution in [3.8, 4) is 5.75 Å². The topological polar surface area (TPSA) is 83.0 Å². The lowest BCUT2D eigenvalue weighted by Crippen LogP contribution is -2.43. The molecule has 146 valence electrons. The van der Waals surface area contributed by atoms with Gasteiger partial charge in [0.1, 0.15) is 5.75 Å². The van der Waals surface area contributed by atoms with Gasteiger partial charge in [-0.1, -0.05) is 30.3 Å². The minimum Gasteiger partial charge on any atom is -0.496 e. The second-order valence-corrected chi connectivity index (χ2v) is 6.24. The van der Waals surface area contributed by atoms with Crippen LogP contribution in [0.3, 0.4) is 0 Å². The molecule has 0 atom stereocenters. The van der Waals surface area contributed by atoms with Gasteiger partial charge >= 0.3 is 0 Å². The van der Waals surface area contributed by atoms with Crippen LogP contribution in [0, 0.1) is 0 Å². The Balaban J connectivity index is 1.60. The molecule has 2 aromatic carbocycles.